The Morgan fingerprint density at radius 1 is 1.05 bits per heavy atom. The monoisotopic (exact) mass is 291 g/mol. The van der Waals surface area contributed by atoms with E-state index in [1.807, 2.05) is 20.8 Å². The van der Waals surface area contributed by atoms with E-state index in [-0.39, 0.29) is 5.41 Å². The van der Waals surface area contributed by atoms with E-state index >= 15 is 0 Å². The van der Waals surface area contributed by atoms with Crippen LogP contribution < -0.4 is 5.73 Å². The van der Waals surface area contributed by atoms with Crippen molar-refractivity contribution in [3.63, 3.8) is 0 Å². The Bertz CT molecular complexity index is 448. The summed E-state index contributed by atoms with van der Waals surface area (Å²) < 4.78 is 24.1. The van der Waals surface area contributed by atoms with Crippen molar-refractivity contribution in [3.05, 3.63) is 0 Å². The van der Waals surface area contributed by atoms with Gasteiger partial charge in [0, 0.05) is 5.54 Å². The Labute approximate surface area is 117 Å². The molecule has 1 rings (SSSR count). The Morgan fingerprint density at radius 3 is 1.63 bits per heavy atom. The van der Waals surface area contributed by atoms with Crippen LogP contribution in [0.3, 0.4) is 0 Å². The van der Waals surface area contributed by atoms with Crippen LogP contribution in [0.15, 0.2) is 0 Å². The molecule has 1 aliphatic carbocycles. The first kappa shape index (κ1) is 16.9. The SMILES string of the molecule is CC(C)(N)C(O)C(C)(C)S(=O)(=O)C1(C(C)(C)C)CC1. The van der Waals surface area contributed by atoms with Crippen LogP contribution in [0.5, 0.6) is 0 Å². The lowest BCUT2D eigenvalue weighted by molar-refractivity contribution is 0.0713. The van der Waals surface area contributed by atoms with Gasteiger partial charge in [0.25, 0.3) is 0 Å². The minimum absolute atomic E-state index is 0.332. The summed E-state index contributed by atoms with van der Waals surface area (Å²) >= 11 is 0. The lowest BCUT2D eigenvalue weighted by atomic mass is 9.88. The number of aliphatic hydroxyl groups is 1. The van der Waals surface area contributed by atoms with Crippen LogP contribution in [0.1, 0.15) is 61.3 Å². The third-order valence-electron chi connectivity index (χ3n) is 4.64. The van der Waals surface area contributed by atoms with Gasteiger partial charge in [0.1, 0.15) is 0 Å². The number of rotatable bonds is 4. The van der Waals surface area contributed by atoms with Crippen LogP contribution >= 0.6 is 0 Å². The van der Waals surface area contributed by atoms with Gasteiger partial charge >= 0.3 is 0 Å². The summed E-state index contributed by atoms with van der Waals surface area (Å²) in [5.41, 5.74) is 4.63. The summed E-state index contributed by atoms with van der Waals surface area (Å²) in [4.78, 5) is 0. The molecule has 0 aliphatic heterocycles. The summed E-state index contributed by atoms with van der Waals surface area (Å²) in [5, 5.41) is 10.4. The van der Waals surface area contributed by atoms with Gasteiger partial charge in [-0.15, -0.1) is 0 Å². The maximum Gasteiger partial charge on any atom is 0.164 e. The molecule has 3 N–H and O–H groups in total. The highest BCUT2D eigenvalue weighted by Crippen LogP contribution is 2.59. The Balaban J connectivity index is 3.29. The summed E-state index contributed by atoms with van der Waals surface area (Å²) in [6.07, 6.45) is 0.227. The Morgan fingerprint density at radius 2 is 1.42 bits per heavy atom. The highest BCUT2D eigenvalue weighted by Gasteiger charge is 2.67. The molecule has 1 fully saturated rings. The number of nitrogens with two attached hydrogens (primary N) is 1. The molecule has 19 heavy (non-hydrogen) atoms. The molecule has 0 bridgehead atoms. The zero-order chi connectivity index (χ0) is 15.5. The minimum atomic E-state index is -3.50. The molecule has 0 aromatic heterocycles. The van der Waals surface area contributed by atoms with Crippen LogP contribution in [-0.2, 0) is 9.84 Å². The van der Waals surface area contributed by atoms with Crippen molar-refractivity contribution in [1.29, 1.82) is 0 Å². The van der Waals surface area contributed by atoms with Crippen molar-refractivity contribution in [1.82, 2.24) is 0 Å². The first-order chi connectivity index (χ1) is 8.11. The zero-order valence-electron chi connectivity index (χ0n) is 13.2. The van der Waals surface area contributed by atoms with Crippen molar-refractivity contribution in [2.24, 2.45) is 11.1 Å². The van der Waals surface area contributed by atoms with E-state index < -0.39 is 31.0 Å². The fourth-order valence-corrected chi connectivity index (χ4v) is 6.13. The van der Waals surface area contributed by atoms with Crippen molar-refractivity contribution >= 4 is 9.84 Å². The van der Waals surface area contributed by atoms with E-state index in [0.717, 1.165) is 0 Å². The molecule has 1 atom stereocenters. The highest BCUT2D eigenvalue weighted by atomic mass is 32.2. The summed E-state index contributed by atoms with van der Waals surface area (Å²) in [5.74, 6) is 0. The Hall–Kier alpha value is -0.130. The van der Waals surface area contributed by atoms with Gasteiger partial charge in [-0.25, -0.2) is 8.42 Å². The molecular formula is C14H29NO3S. The molecule has 1 aliphatic rings. The molecule has 0 aromatic carbocycles. The van der Waals surface area contributed by atoms with Crippen LogP contribution in [0.2, 0.25) is 0 Å². The van der Waals surface area contributed by atoms with E-state index in [0.29, 0.717) is 12.8 Å². The molecular weight excluding hydrogens is 262 g/mol. The van der Waals surface area contributed by atoms with Crippen LogP contribution in [0.4, 0.5) is 0 Å². The van der Waals surface area contributed by atoms with Gasteiger partial charge in [0.05, 0.1) is 15.6 Å². The second kappa shape index (κ2) is 4.18. The summed E-state index contributed by atoms with van der Waals surface area (Å²) in [6, 6.07) is 0. The first-order valence-electron chi connectivity index (χ1n) is 6.82. The Kier molecular flexibility index (Phi) is 3.73. The van der Waals surface area contributed by atoms with E-state index in [9.17, 15) is 13.5 Å². The van der Waals surface area contributed by atoms with E-state index in [1.165, 1.54) is 0 Å². The fraction of sp³-hybridized carbons (Fsp3) is 1.00. The number of sulfone groups is 1. The zero-order valence-corrected chi connectivity index (χ0v) is 14.1. The topological polar surface area (TPSA) is 80.4 Å². The number of hydrogen-bond donors (Lipinski definition) is 2. The molecule has 0 spiro atoms. The molecule has 0 saturated heterocycles. The average Bonchev–Trinajstić information content (AvgIpc) is 2.93. The van der Waals surface area contributed by atoms with Crippen molar-refractivity contribution in [2.45, 2.75) is 82.4 Å². The molecule has 0 heterocycles. The highest BCUT2D eigenvalue weighted by molar-refractivity contribution is 7.94. The smallest absolute Gasteiger partial charge is 0.164 e. The van der Waals surface area contributed by atoms with Crippen LogP contribution in [0.25, 0.3) is 0 Å². The van der Waals surface area contributed by atoms with Crippen LogP contribution in [0, 0.1) is 5.41 Å². The van der Waals surface area contributed by atoms with Gasteiger partial charge < -0.3 is 10.8 Å². The number of aliphatic hydroxyl groups excluding tert-OH is 1. The quantitative estimate of drug-likeness (QED) is 0.828. The summed E-state index contributed by atoms with van der Waals surface area (Å²) in [6.45, 7) is 12.4. The average molecular weight is 291 g/mol. The lowest BCUT2D eigenvalue weighted by Crippen LogP contribution is -2.62. The molecule has 1 saturated carbocycles. The standard InChI is InChI=1S/C14H29NO3S/c1-11(2,3)14(8-9-14)19(17,18)13(6,7)10(16)12(4,5)15/h10,16H,8-9,15H2,1-7H3. The van der Waals surface area contributed by atoms with Gasteiger partial charge in [-0.05, 0) is 46.0 Å². The largest absolute Gasteiger partial charge is 0.390 e. The molecule has 5 heteroatoms. The molecule has 4 nitrogen and oxygen atoms in total. The molecule has 114 valence electrons. The normalized spacial score (nSPS) is 22.2. The van der Waals surface area contributed by atoms with Crippen molar-refractivity contribution in [3.8, 4) is 0 Å². The van der Waals surface area contributed by atoms with E-state index in [1.54, 1.807) is 27.7 Å². The van der Waals surface area contributed by atoms with Gasteiger partial charge in [0.15, 0.2) is 9.84 Å². The van der Waals surface area contributed by atoms with E-state index in [4.69, 9.17) is 5.73 Å². The van der Waals surface area contributed by atoms with Gasteiger partial charge in [-0.2, -0.15) is 0 Å². The summed E-state index contributed by atoms with van der Waals surface area (Å²) in [7, 11) is -3.50. The predicted octanol–water partition coefficient (Wildman–Crippen LogP) is 1.86. The van der Waals surface area contributed by atoms with Gasteiger partial charge in [0.2, 0.25) is 0 Å². The number of hydrogen-bond acceptors (Lipinski definition) is 4. The van der Waals surface area contributed by atoms with Crippen LogP contribution in [-0.4, -0.2) is 34.7 Å². The minimum Gasteiger partial charge on any atom is -0.390 e. The van der Waals surface area contributed by atoms with Gasteiger partial charge in [-0.1, -0.05) is 20.8 Å². The third-order valence-corrected chi connectivity index (χ3v) is 8.30. The maximum absolute atomic E-state index is 13.1. The lowest BCUT2D eigenvalue weighted by Gasteiger charge is -2.43. The fourth-order valence-electron chi connectivity index (χ4n) is 3.08. The van der Waals surface area contributed by atoms with E-state index in [2.05, 4.69) is 0 Å². The molecule has 0 radical (unpaired) electrons. The molecule has 1 unspecified atom stereocenters. The molecule has 0 aromatic rings. The second-order valence-corrected chi connectivity index (χ2v) is 10.9. The molecule has 0 amide bonds. The van der Waals surface area contributed by atoms with Crippen molar-refractivity contribution in [2.75, 3.05) is 0 Å². The second-order valence-electron chi connectivity index (χ2n) is 8.08. The maximum atomic E-state index is 13.1. The third kappa shape index (κ3) is 2.34. The van der Waals surface area contributed by atoms with Gasteiger partial charge in [-0.3, -0.25) is 0 Å². The first-order valence-corrected chi connectivity index (χ1v) is 8.31. The predicted molar refractivity (Wildman–Crippen MR) is 78.7 cm³/mol. The van der Waals surface area contributed by atoms with Crippen molar-refractivity contribution < 1.29 is 13.5 Å².